The predicted molar refractivity (Wildman–Crippen MR) is 91.8 cm³/mol. The van der Waals surface area contributed by atoms with Gasteiger partial charge in [-0.25, -0.2) is 0 Å². The molecule has 0 spiro atoms. The number of rotatable bonds is 3. The summed E-state index contributed by atoms with van der Waals surface area (Å²) in [5.74, 6) is 1.71. The lowest BCUT2D eigenvalue weighted by Crippen LogP contribution is -2.38. The molecule has 6 heteroatoms. The minimum absolute atomic E-state index is 0.0766. The smallest absolute Gasteiger partial charge is 0.203 e. The Hall–Kier alpha value is -2.60. The molecule has 0 fully saturated rings. The van der Waals surface area contributed by atoms with Gasteiger partial charge in [-0.3, -0.25) is 4.90 Å². The number of phenolic OH excluding ortho intramolecular Hbond substituents is 2. The molecule has 0 aliphatic carbocycles. The lowest BCUT2D eigenvalue weighted by Gasteiger charge is -2.41. The summed E-state index contributed by atoms with van der Waals surface area (Å²) in [5, 5.41) is 20.8. The summed E-state index contributed by atoms with van der Waals surface area (Å²) in [6.45, 7) is 2.20. The molecule has 2 heterocycles. The molecule has 0 aromatic heterocycles. The largest absolute Gasteiger partial charge is 0.504 e. The van der Waals surface area contributed by atoms with Gasteiger partial charge in [0.05, 0.1) is 21.3 Å². The number of phenols is 2. The Morgan fingerprint density at radius 1 is 0.920 bits per heavy atom. The molecule has 25 heavy (non-hydrogen) atoms. The summed E-state index contributed by atoms with van der Waals surface area (Å²) in [5.41, 5.74) is 4.08. The molecular formula is C19H21NO5. The Bertz CT molecular complexity index is 848. The summed E-state index contributed by atoms with van der Waals surface area (Å²) in [7, 11) is 4.64. The average molecular weight is 343 g/mol. The molecule has 2 aromatic rings. The highest BCUT2D eigenvalue weighted by Crippen LogP contribution is 2.50. The Morgan fingerprint density at radius 2 is 1.64 bits per heavy atom. The standard InChI is InChI=1S/C19H21NO5/c1-23-16-5-11-10(4-15(16)21)7-20-8-13(11)12-6-17(24-2)19(25-3)18(22)14(12)9-20/h4-6,13,21-22H,7-9H2,1-3H3/t13-/m0/s1. The zero-order valence-electron chi connectivity index (χ0n) is 14.5. The minimum Gasteiger partial charge on any atom is -0.504 e. The topological polar surface area (TPSA) is 71.4 Å². The molecule has 2 N–H and O–H groups in total. The quantitative estimate of drug-likeness (QED) is 0.893. The minimum atomic E-state index is 0.0766. The Morgan fingerprint density at radius 3 is 2.32 bits per heavy atom. The molecule has 132 valence electrons. The van der Waals surface area contributed by atoms with Crippen LogP contribution in [-0.2, 0) is 13.1 Å². The summed E-state index contributed by atoms with van der Waals surface area (Å²) >= 11 is 0. The van der Waals surface area contributed by atoms with Crippen LogP contribution in [0.1, 0.15) is 28.2 Å². The lowest BCUT2D eigenvalue weighted by molar-refractivity contribution is 0.208. The van der Waals surface area contributed by atoms with E-state index in [2.05, 4.69) is 4.90 Å². The summed E-state index contributed by atoms with van der Waals surface area (Å²) < 4.78 is 16.0. The molecule has 0 saturated heterocycles. The van der Waals surface area contributed by atoms with Crippen molar-refractivity contribution in [3.63, 3.8) is 0 Å². The molecule has 6 nitrogen and oxygen atoms in total. The number of hydrogen-bond donors (Lipinski definition) is 2. The number of nitrogens with zero attached hydrogens (tertiary/aromatic N) is 1. The van der Waals surface area contributed by atoms with Crippen molar-refractivity contribution in [2.45, 2.75) is 19.0 Å². The third-order valence-corrected chi connectivity index (χ3v) is 5.19. The second-order valence-corrected chi connectivity index (χ2v) is 6.47. The second-order valence-electron chi connectivity index (χ2n) is 6.47. The van der Waals surface area contributed by atoms with Gasteiger partial charge in [-0.1, -0.05) is 0 Å². The number of ether oxygens (including phenoxy) is 3. The van der Waals surface area contributed by atoms with Crippen molar-refractivity contribution in [1.29, 1.82) is 0 Å². The predicted octanol–water partition coefficient (Wildman–Crippen LogP) is 2.58. The van der Waals surface area contributed by atoms with Crippen LogP contribution in [0.3, 0.4) is 0 Å². The van der Waals surface area contributed by atoms with Crippen molar-refractivity contribution in [2.75, 3.05) is 27.9 Å². The van der Waals surface area contributed by atoms with Crippen LogP contribution in [0.25, 0.3) is 0 Å². The van der Waals surface area contributed by atoms with E-state index in [-0.39, 0.29) is 17.4 Å². The molecule has 4 rings (SSSR count). The maximum atomic E-state index is 10.7. The van der Waals surface area contributed by atoms with Crippen molar-refractivity contribution < 1.29 is 24.4 Å². The molecule has 2 aliphatic rings. The van der Waals surface area contributed by atoms with Gasteiger partial charge >= 0.3 is 0 Å². The highest BCUT2D eigenvalue weighted by atomic mass is 16.5. The molecule has 0 amide bonds. The molecule has 2 aliphatic heterocycles. The van der Waals surface area contributed by atoms with E-state index in [4.69, 9.17) is 14.2 Å². The van der Waals surface area contributed by atoms with Crippen LogP contribution in [0.5, 0.6) is 28.7 Å². The molecule has 0 saturated carbocycles. The number of fused-ring (bicyclic) bond motifs is 6. The zero-order valence-corrected chi connectivity index (χ0v) is 14.5. The SMILES string of the molecule is COc1cc2c(cc1O)CN1Cc3c(cc(OC)c(OC)c3O)[C@H]2C1. The molecular weight excluding hydrogens is 322 g/mol. The lowest BCUT2D eigenvalue weighted by atomic mass is 9.79. The maximum absolute atomic E-state index is 10.7. The first-order chi connectivity index (χ1) is 12.1. The first-order valence-corrected chi connectivity index (χ1v) is 8.16. The van der Waals surface area contributed by atoms with E-state index >= 15 is 0 Å². The van der Waals surface area contributed by atoms with Gasteiger partial charge in [-0.2, -0.15) is 0 Å². The van der Waals surface area contributed by atoms with Crippen LogP contribution in [0.2, 0.25) is 0 Å². The summed E-state index contributed by atoms with van der Waals surface area (Å²) in [4.78, 5) is 2.26. The van der Waals surface area contributed by atoms with Crippen LogP contribution in [-0.4, -0.2) is 43.0 Å². The van der Waals surface area contributed by atoms with Crippen molar-refractivity contribution in [2.24, 2.45) is 0 Å². The molecule has 2 aromatic carbocycles. The highest BCUT2D eigenvalue weighted by molar-refractivity contribution is 5.63. The fourth-order valence-corrected chi connectivity index (χ4v) is 4.03. The maximum Gasteiger partial charge on any atom is 0.203 e. The van der Waals surface area contributed by atoms with Crippen LogP contribution in [0.15, 0.2) is 18.2 Å². The van der Waals surface area contributed by atoms with E-state index in [1.54, 1.807) is 20.3 Å². The van der Waals surface area contributed by atoms with Crippen molar-refractivity contribution in [3.05, 3.63) is 40.5 Å². The highest BCUT2D eigenvalue weighted by Gasteiger charge is 2.36. The first kappa shape index (κ1) is 15.9. The Labute approximate surface area is 146 Å². The Kier molecular flexibility index (Phi) is 3.65. The third kappa shape index (κ3) is 2.28. The average Bonchev–Trinajstić information content (AvgIpc) is 2.61. The van der Waals surface area contributed by atoms with Crippen LogP contribution >= 0.6 is 0 Å². The fourth-order valence-electron chi connectivity index (χ4n) is 4.03. The van der Waals surface area contributed by atoms with Gasteiger partial charge in [0.1, 0.15) is 0 Å². The van der Waals surface area contributed by atoms with Gasteiger partial charge in [0, 0.05) is 31.1 Å². The third-order valence-electron chi connectivity index (χ3n) is 5.19. The van der Waals surface area contributed by atoms with E-state index in [0.29, 0.717) is 23.8 Å². The number of aromatic hydroxyl groups is 2. The van der Waals surface area contributed by atoms with Gasteiger partial charge < -0.3 is 24.4 Å². The molecule has 1 unspecified atom stereocenters. The normalized spacial score (nSPS) is 20.4. The van der Waals surface area contributed by atoms with Crippen molar-refractivity contribution in [3.8, 4) is 28.7 Å². The molecule has 2 atom stereocenters. The molecule has 0 radical (unpaired) electrons. The molecule has 2 bridgehead atoms. The fraction of sp³-hybridized carbons (Fsp3) is 0.368. The van der Waals surface area contributed by atoms with Gasteiger partial charge in [0.2, 0.25) is 5.75 Å². The Balaban J connectivity index is 1.92. The van der Waals surface area contributed by atoms with Crippen LogP contribution < -0.4 is 14.2 Å². The zero-order chi connectivity index (χ0) is 17.7. The van der Waals surface area contributed by atoms with E-state index in [0.717, 1.165) is 35.3 Å². The van der Waals surface area contributed by atoms with Gasteiger partial charge in [-0.15, -0.1) is 0 Å². The van der Waals surface area contributed by atoms with Gasteiger partial charge in [0.15, 0.2) is 23.0 Å². The van der Waals surface area contributed by atoms with E-state index < -0.39 is 0 Å². The van der Waals surface area contributed by atoms with E-state index in [1.807, 2.05) is 12.1 Å². The summed E-state index contributed by atoms with van der Waals surface area (Å²) in [6, 6.07) is 5.62. The van der Waals surface area contributed by atoms with Crippen molar-refractivity contribution in [1.82, 2.24) is 4.90 Å². The first-order valence-electron chi connectivity index (χ1n) is 8.16. The van der Waals surface area contributed by atoms with Gasteiger partial charge in [-0.05, 0) is 34.9 Å². The van der Waals surface area contributed by atoms with Crippen LogP contribution in [0, 0.1) is 0 Å². The number of methoxy groups -OCH3 is 3. The van der Waals surface area contributed by atoms with Crippen molar-refractivity contribution >= 4 is 0 Å². The number of benzene rings is 2. The second kappa shape index (κ2) is 5.74. The monoisotopic (exact) mass is 343 g/mol. The van der Waals surface area contributed by atoms with E-state index in [1.165, 1.54) is 7.11 Å². The summed E-state index contributed by atoms with van der Waals surface area (Å²) in [6.07, 6.45) is 0. The van der Waals surface area contributed by atoms with Crippen LogP contribution in [0.4, 0.5) is 0 Å². The number of hydrogen-bond acceptors (Lipinski definition) is 6. The van der Waals surface area contributed by atoms with Gasteiger partial charge in [0.25, 0.3) is 0 Å². The van der Waals surface area contributed by atoms with E-state index in [9.17, 15) is 10.2 Å².